The number of carbonyl (C=O) groups excluding carboxylic acids is 1. The molecule has 0 spiro atoms. The van der Waals surface area contributed by atoms with E-state index in [-0.39, 0.29) is 11.8 Å². The van der Waals surface area contributed by atoms with Gasteiger partial charge in [0.1, 0.15) is 0 Å². The third kappa shape index (κ3) is 2.30. The second-order valence-electron chi connectivity index (χ2n) is 7.42. The summed E-state index contributed by atoms with van der Waals surface area (Å²) in [4.78, 5) is 14.7. The summed E-state index contributed by atoms with van der Waals surface area (Å²) in [6, 6.07) is 3.56. The molecule has 1 saturated heterocycles. The molecule has 130 valence electrons. The van der Waals surface area contributed by atoms with Gasteiger partial charge in [-0.25, -0.2) is 8.42 Å². The molecule has 4 rings (SSSR count). The summed E-state index contributed by atoms with van der Waals surface area (Å²) in [7, 11) is -3.47. The van der Waals surface area contributed by atoms with Crippen LogP contribution in [0.4, 0.5) is 5.69 Å². The zero-order chi connectivity index (χ0) is 17.1. The second kappa shape index (κ2) is 5.56. The normalized spacial score (nSPS) is 25.2. The fraction of sp³-hybridized carbons (Fsp3) is 0.611. The van der Waals surface area contributed by atoms with Gasteiger partial charge >= 0.3 is 0 Å². The van der Waals surface area contributed by atoms with Gasteiger partial charge in [-0.15, -0.1) is 0 Å². The minimum absolute atomic E-state index is 0.104. The highest BCUT2D eigenvalue weighted by atomic mass is 32.2. The average molecular weight is 348 g/mol. The number of benzene rings is 1. The van der Waals surface area contributed by atoms with Crippen molar-refractivity contribution in [1.29, 1.82) is 0 Å². The first-order valence-electron chi connectivity index (χ1n) is 8.88. The van der Waals surface area contributed by atoms with E-state index in [1.54, 1.807) is 10.4 Å². The number of nitrogens with zero attached hydrogens (tertiary/aromatic N) is 2. The molecule has 6 heteroatoms. The maximum absolute atomic E-state index is 13.1. The molecule has 0 aliphatic carbocycles. The van der Waals surface area contributed by atoms with Crippen LogP contribution in [0, 0.1) is 5.92 Å². The maximum Gasteiger partial charge on any atom is 0.243 e. The van der Waals surface area contributed by atoms with Crippen molar-refractivity contribution in [2.24, 2.45) is 5.92 Å². The lowest BCUT2D eigenvalue weighted by Crippen LogP contribution is -2.38. The Morgan fingerprint density at radius 2 is 1.79 bits per heavy atom. The van der Waals surface area contributed by atoms with Crippen LogP contribution in [-0.4, -0.2) is 38.3 Å². The fourth-order valence-electron chi connectivity index (χ4n) is 4.19. The van der Waals surface area contributed by atoms with E-state index in [0.29, 0.717) is 23.9 Å². The summed E-state index contributed by atoms with van der Waals surface area (Å²) in [5, 5.41) is 0. The van der Waals surface area contributed by atoms with Gasteiger partial charge in [0.15, 0.2) is 0 Å². The van der Waals surface area contributed by atoms with Gasteiger partial charge in [0, 0.05) is 19.6 Å². The fourth-order valence-corrected chi connectivity index (χ4v) is 5.75. The largest absolute Gasteiger partial charge is 0.311 e. The Kier molecular flexibility index (Phi) is 3.73. The Morgan fingerprint density at radius 1 is 1.08 bits per heavy atom. The van der Waals surface area contributed by atoms with Gasteiger partial charge in [-0.05, 0) is 61.8 Å². The van der Waals surface area contributed by atoms with Crippen molar-refractivity contribution in [3.05, 3.63) is 23.3 Å². The molecule has 0 N–H and O–H groups in total. The van der Waals surface area contributed by atoms with Crippen LogP contribution >= 0.6 is 0 Å². The highest BCUT2D eigenvalue weighted by Crippen LogP contribution is 2.44. The molecule has 3 aliphatic heterocycles. The van der Waals surface area contributed by atoms with Crippen molar-refractivity contribution in [1.82, 2.24) is 4.31 Å². The van der Waals surface area contributed by atoms with Crippen LogP contribution in [0.5, 0.6) is 0 Å². The smallest absolute Gasteiger partial charge is 0.243 e. The minimum atomic E-state index is -3.47. The van der Waals surface area contributed by atoms with E-state index >= 15 is 0 Å². The molecule has 1 atom stereocenters. The summed E-state index contributed by atoms with van der Waals surface area (Å²) in [6.07, 6.45) is 3.58. The van der Waals surface area contributed by atoms with Crippen LogP contribution in [0.25, 0.3) is 0 Å². The van der Waals surface area contributed by atoms with Gasteiger partial charge in [-0.3, -0.25) is 4.79 Å². The summed E-state index contributed by atoms with van der Waals surface area (Å²) in [5.41, 5.74) is 2.88. The first kappa shape index (κ1) is 16.1. The van der Waals surface area contributed by atoms with E-state index in [4.69, 9.17) is 0 Å². The Bertz CT molecular complexity index is 795. The number of piperidine rings is 1. The van der Waals surface area contributed by atoms with Crippen LogP contribution in [0.1, 0.15) is 50.2 Å². The molecule has 5 nitrogen and oxygen atoms in total. The van der Waals surface area contributed by atoms with Gasteiger partial charge < -0.3 is 4.90 Å². The molecule has 0 unspecified atom stereocenters. The van der Waals surface area contributed by atoms with Gasteiger partial charge in [0.05, 0.1) is 16.5 Å². The van der Waals surface area contributed by atoms with Gasteiger partial charge in [0.25, 0.3) is 0 Å². The topological polar surface area (TPSA) is 57.7 Å². The summed E-state index contributed by atoms with van der Waals surface area (Å²) >= 11 is 0. The van der Waals surface area contributed by atoms with E-state index in [2.05, 4.69) is 6.92 Å². The van der Waals surface area contributed by atoms with Crippen LogP contribution < -0.4 is 4.90 Å². The molecule has 1 aromatic rings. The molecule has 0 aromatic heterocycles. The number of aryl methyl sites for hydroxylation is 1. The minimum Gasteiger partial charge on any atom is -0.311 e. The lowest BCUT2D eigenvalue weighted by atomic mass is 9.97. The quantitative estimate of drug-likeness (QED) is 0.825. The van der Waals surface area contributed by atoms with Gasteiger partial charge in [-0.2, -0.15) is 4.31 Å². The third-order valence-electron chi connectivity index (χ3n) is 5.77. The highest BCUT2D eigenvalue weighted by molar-refractivity contribution is 7.89. The van der Waals surface area contributed by atoms with E-state index in [1.807, 2.05) is 17.9 Å². The van der Waals surface area contributed by atoms with Crippen molar-refractivity contribution in [2.45, 2.75) is 50.3 Å². The molecule has 1 amide bonds. The molecule has 0 saturated carbocycles. The van der Waals surface area contributed by atoms with Crippen molar-refractivity contribution in [3.63, 3.8) is 0 Å². The summed E-state index contributed by atoms with van der Waals surface area (Å²) in [6.45, 7) is 5.99. The van der Waals surface area contributed by atoms with Gasteiger partial charge in [0.2, 0.25) is 15.9 Å². The molecule has 24 heavy (non-hydrogen) atoms. The van der Waals surface area contributed by atoms with E-state index < -0.39 is 10.0 Å². The SMILES string of the molecule is CC1CCN(S(=O)(=O)c2cc3c4c(c2)[C@@H](C)C(=O)N4CCC3)CC1. The van der Waals surface area contributed by atoms with Gasteiger partial charge in [-0.1, -0.05) is 6.92 Å². The number of hydrogen-bond acceptors (Lipinski definition) is 3. The molecular weight excluding hydrogens is 324 g/mol. The molecule has 1 aromatic carbocycles. The van der Waals surface area contributed by atoms with E-state index in [1.165, 1.54) is 0 Å². The Labute approximate surface area is 143 Å². The standard InChI is InChI=1S/C18H24N2O3S/c1-12-5-8-19(9-6-12)24(22,23)15-10-14-4-3-7-20-17(14)16(11-15)13(2)18(20)21/h10-13H,3-9H2,1-2H3/t13-/m1/s1. The van der Waals surface area contributed by atoms with E-state index in [0.717, 1.165) is 49.0 Å². The maximum atomic E-state index is 13.1. The number of carbonyl (C=O) groups is 1. The number of anilines is 1. The van der Waals surface area contributed by atoms with Crippen LogP contribution in [0.2, 0.25) is 0 Å². The van der Waals surface area contributed by atoms with Crippen molar-refractivity contribution >= 4 is 21.6 Å². The zero-order valence-electron chi connectivity index (χ0n) is 14.3. The summed E-state index contributed by atoms with van der Waals surface area (Å²) in [5.74, 6) is 0.449. The van der Waals surface area contributed by atoms with Crippen LogP contribution in [-0.2, 0) is 21.2 Å². The monoisotopic (exact) mass is 348 g/mol. The molecule has 3 aliphatic rings. The second-order valence-corrected chi connectivity index (χ2v) is 9.36. The summed E-state index contributed by atoms with van der Waals surface area (Å²) < 4.78 is 27.8. The average Bonchev–Trinajstić information content (AvgIpc) is 2.82. The van der Waals surface area contributed by atoms with Crippen molar-refractivity contribution in [2.75, 3.05) is 24.5 Å². The highest BCUT2D eigenvalue weighted by Gasteiger charge is 2.39. The molecule has 1 fully saturated rings. The van der Waals surface area contributed by atoms with E-state index in [9.17, 15) is 13.2 Å². The number of sulfonamides is 1. The first-order valence-corrected chi connectivity index (χ1v) is 10.3. The predicted molar refractivity (Wildman–Crippen MR) is 92.7 cm³/mol. The number of amides is 1. The first-order chi connectivity index (χ1) is 11.4. The molecule has 3 heterocycles. The Hall–Kier alpha value is -1.40. The van der Waals surface area contributed by atoms with Crippen molar-refractivity contribution < 1.29 is 13.2 Å². The number of rotatable bonds is 2. The Morgan fingerprint density at radius 3 is 2.50 bits per heavy atom. The zero-order valence-corrected chi connectivity index (χ0v) is 15.1. The lowest BCUT2D eigenvalue weighted by molar-refractivity contribution is -0.119. The van der Waals surface area contributed by atoms with Crippen LogP contribution in [0.3, 0.4) is 0 Å². The molecular formula is C18H24N2O3S. The molecule has 0 radical (unpaired) electrons. The molecule has 0 bridgehead atoms. The van der Waals surface area contributed by atoms with Crippen molar-refractivity contribution in [3.8, 4) is 0 Å². The number of hydrogen-bond donors (Lipinski definition) is 0. The third-order valence-corrected chi connectivity index (χ3v) is 7.65. The van der Waals surface area contributed by atoms with Crippen LogP contribution in [0.15, 0.2) is 17.0 Å². The predicted octanol–water partition coefficient (Wildman–Crippen LogP) is 2.50. The lowest BCUT2D eigenvalue weighted by Gasteiger charge is -2.30. The Balaban J connectivity index is 1.77.